The molecule has 3 aromatic carbocycles. The highest BCUT2D eigenvalue weighted by atomic mass is 19.4. The molecule has 0 aliphatic carbocycles. The van der Waals surface area contributed by atoms with Crippen molar-refractivity contribution in [1.29, 1.82) is 0 Å². The average Bonchev–Trinajstić information content (AvgIpc) is 3.44. The van der Waals surface area contributed by atoms with E-state index in [-0.39, 0.29) is 18.5 Å². The first-order chi connectivity index (χ1) is 17.9. The lowest BCUT2D eigenvalue weighted by Gasteiger charge is -2.31. The maximum atomic E-state index is 13.6. The molecule has 0 fully saturated rings. The van der Waals surface area contributed by atoms with E-state index in [4.69, 9.17) is 4.42 Å². The van der Waals surface area contributed by atoms with Gasteiger partial charge in [-0.25, -0.2) is 4.79 Å². The number of rotatable bonds is 5. The molecule has 4 aromatic rings. The summed E-state index contributed by atoms with van der Waals surface area (Å²) in [4.78, 5) is 17.1. The van der Waals surface area contributed by atoms with Crippen LogP contribution in [0.1, 0.15) is 11.5 Å². The number of carbonyl (C=O) groups is 1. The Kier molecular flexibility index (Phi) is 6.72. The van der Waals surface area contributed by atoms with Gasteiger partial charge < -0.3 is 9.32 Å². The van der Waals surface area contributed by atoms with Crippen LogP contribution >= 0.6 is 0 Å². The smallest absolute Gasteiger partial charge is 0.413 e. The largest absolute Gasteiger partial charge is 0.470 e. The van der Waals surface area contributed by atoms with Gasteiger partial charge in [-0.2, -0.15) is 17.7 Å². The van der Waals surface area contributed by atoms with E-state index in [1.807, 2.05) is 66.9 Å². The normalized spacial score (nSPS) is 13.8. The Hall–Kier alpha value is -4.47. The van der Waals surface area contributed by atoms with Gasteiger partial charge in [-0.1, -0.05) is 48.5 Å². The molecule has 0 atom stereocenters. The van der Waals surface area contributed by atoms with Crippen molar-refractivity contribution in [3.05, 3.63) is 96.4 Å². The summed E-state index contributed by atoms with van der Waals surface area (Å²) in [6, 6.07) is 25.9. The van der Waals surface area contributed by atoms with Crippen LogP contribution in [0.5, 0.6) is 0 Å². The zero-order valence-corrected chi connectivity index (χ0v) is 19.7. The highest BCUT2D eigenvalue weighted by molar-refractivity contribution is 5.93. The molecule has 1 aromatic heterocycles. The first-order valence-electron chi connectivity index (χ1n) is 11.6. The zero-order valence-electron chi connectivity index (χ0n) is 19.7. The quantitative estimate of drug-likeness (QED) is 0.330. The standard InChI is InChI=1S/C27H23F3N5O2/c28-27(29,30)25-32-31-24(37-25)21-13-11-20(12-14-21)19-35(23-9-5-2-6-10-23)26(36)34-17-15-33(16-18-34)22-7-3-1-4-8-22/h1-15H,16-19H2/q+1. The summed E-state index contributed by atoms with van der Waals surface area (Å²) >= 11 is 0. The Bertz CT molecular complexity index is 1390. The predicted molar refractivity (Wildman–Crippen MR) is 132 cm³/mol. The number of hydrogen-bond acceptors (Lipinski definition) is 4. The molecule has 0 N–H and O–H groups in total. The number of alkyl halides is 3. The van der Waals surface area contributed by atoms with Crippen LogP contribution in [-0.4, -0.2) is 51.6 Å². The molecule has 0 bridgehead atoms. The minimum Gasteiger partial charge on any atom is -0.413 e. The van der Waals surface area contributed by atoms with E-state index in [9.17, 15) is 18.0 Å². The molecule has 37 heavy (non-hydrogen) atoms. The lowest BCUT2D eigenvalue weighted by Crippen LogP contribution is -2.48. The van der Waals surface area contributed by atoms with Crippen molar-refractivity contribution in [3.8, 4) is 11.5 Å². The van der Waals surface area contributed by atoms with Crippen LogP contribution in [0, 0.1) is 0 Å². The Morgan fingerprint density at radius 2 is 1.62 bits per heavy atom. The Morgan fingerprint density at radius 3 is 2.22 bits per heavy atom. The van der Waals surface area contributed by atoms with Crippen LogP contribution < -0.4 is 4.90 Å². The summed E-state index contributed by atoms with van der Waals surface area (Å²) < 4.78 is 45.2. The van der Waals surface area contributed by atoms with Crippen molar-refractivity contribution in [2.24, 2.45) is 0 Å². The van der Waals surface area contributed by atoms with Gasteiger partial charge in [0.15, 0.2) is 12.8 Å². The molecular formula is C27H23F3N5O2+. The number of aromatic nitrogens is 2. The number of halogens is 3. The first kappa shape index (κ1) is 24.2. The summed E-state index contributed by atoms with van der Waals surface area (Å²) in [6.07, 6.45) is -2.69. The molecular weight excluding hydrogens is 483 g/mol. The van der Waals surface area contributed by atoms with Crippen LogP contribution in [0.15, 0.2) is 89.3 Å². The number of hydrogen-bond donors (Lipinski definition) is 0. The van der Waals surface area contributed by atoms with E-state index in [2.05, 4.69) is 14.8 Å². The van der Waals surface area contributed by atoms with Gasteiger partial charge in [-0.3, -0.25) is 4.90 Å². The lowest BCUT2D eigenvalue weighted by atomic mass is 10.1. The summed E-state index contributed by atoms with van der Waals surface area (Å²) in [6.45, 7) is 1.98. The molecule has 0 unspecified atom stereocenters. The van der Waals surface area contributed by atoms with Gasteiger partial charge in [-0.15, -0.1) is 10.2 Å². The fraction of sp³-hybridized carbons (Fsp3) is 0.185. The average molecular weight is 507 g/mol. The second-order valence-electron chi connectivity index (χ2n) is 8.47. The maximum Gasteiger partial charge on any atom is 0.470 e. The van der Waals surface area contributed by atoms with Crippen LogP contribution in [0.4, 0.5) is 29.3 Å². The third-order valence-corrected chi connectivity index (χ3v) is 6.00. The Morgan fingerprint density at radius 1 is 0.946 bits per heavy atom. The first-order valence-corrected chi connectivity index (χ1v) is 11.6. The molecule has 5 rings (SSSR count). The van der Waals surface area contributed by atoms with Gasteiger partial charge >= 0.3 is 18.1 Å². The van der Waals surface area contributed by atoms with Gasteiger partial charge in [0.05, 0.1) is 13.1 Å². The van der Waals surface area contributed by atoms with Gasteiger partial charge in [0.2, 0.25) is 11.6 Å². The van der Waals surface area contributed by atoms with Crippen molar-refractivity contribution in [2.45, 2.75) is 12.7 Å². The molecule has 10 heteroatoms. The third kappa shape index (κ3) is 5.53. The van der Waals surface area contributed by atoms with Crippen LogP contribution in [0.25, 0.3) is 11.5 Å². The highest BCUT2D eigenvalue weighted by Gasteiger charge is 2.38. The van der Waals surface area contributed by atoms with Gasteiger partial charge in [0.25, 0.3) is 0 Å². The summed E-state index contributed by atoms with van der Waals surface area (Å²) in [5, 5.41) is 6.56. The van der Waals surface area contributed by atoms with Crippen molar-refractivity contribution >= 4 is 23.6 Å². The lowest BCUT2D eigenvalue weighted by molar-refractivity contribution is -0.442. The van der Waals surface area contributed by atoms with Gasteiger partial charge in [0.1, 0.15) is 6.54 Å². The zero-order chi connectivity index (χ0) is 25.8. The van der Waals surface area contributed by atoms with E-state index < -0.39 is 12.1 Å². The molecule has 7 nitrogen and oxygen atoms in total. The van der Waals surface area contributed by atoms with E-state index in [1.165, 1.54) is 0 Å². The molecule has 0 saturated carbocycles. The predicted octanol–water partition coefficient (Wildman–Crippen LogP) is 5.61. The Labute approximate surface area is 211 Å². The molecule has 0 saturated heterocycles. The van der Waals surface area contributed by atoms with Crippen molar-refractivity contribution in [1.82, 2.24) is 15.1 Å². The molecule has 1 aliphatic heterocycles. The van der Waals surface area contributed by atoms with E-state index >= 15 is 0 Å². The molecule has 0 spiro atoms. The minimum absolute atomic E-state index is 0.133. The second kappa shape index (κ2) is 10.3. The molecule has 2 heterocycles. The fourth-order valence-electron chi connectivity index (χ4n) is 4.07. The second-order valence-corrected chi connectivity index (χ2v) is 8.47. The monoisotopic (exact) mass is 506 g/mol. The number of carbonyl (C=O) groups excluding carboxylic acids is 1. The van der Waals surface area contributed by atoms with E-state index in [0.29, 0.717) is 25.2 Å². The SMILES string of the molecule is O=C(N1CC=[N+](c2ccccc2)CC1)N(Cc1ccc(-c2nnc(C(F)(F)F)o2)cc1)c1ccccc1. The highest BCUT2D eigenvalue weighted by Crippen LogP contribution is 2.30. The number of amides is 2. The van der Waals surface area contributed by atoms with E-state index in [1.54, 1.807) is 34.1 Å². The summed E-state index contributed by atoms with van der Waals surface area (Å²) in [5.74, 6) is -1.61. The van der Waals surface area contributed by atoms with Crippen molar-refractivity contribution < 1.29 is 27.0 Å². The van der Waals surface area contributed by atoms with Crippen molar-refractivity contribution in [2.75, 3.05) is 24.5 Å². The summed E-state index contributed by atoms with van der Waals surface area (Å²) in [7, 11) is 0. The van der Waals surface area contributed by atoms with Gasteiger partial charge in [0, 0.05) is 23.4 Å². The molecule has 0 radical (unpaired) electrons. The van der Waals surface area contributed by atoms with Crippen molar-refractivity contribution in [3.63, 3.8) is 0 Å². The molecule has 188 valence electrons. The van der Waals surface area contributed by atoms with Gasteiger partial charge in [-0.05, 0) is 29.8 Å². The van der Waals surface area contributed by atoms with Crippen LogP contribution in [0.2, 0.25) is 0 Å². The topological polar surface area (TPSA) is 65.5 Å². The summed E-state index contributed by atoms with van der Waals surface area (Å²) in [5.41, 5.74) is 2.98. The molecule has 2 amide bonds. The number of nitrogens with zero attached hydrogens (tertiary/aromatic N) is 5. The maximum absolute atomic E-state index is 13.6. The Balaban J connectivity index is 1.33. The fourth-order valence-corrected chi connectivity index (χ4v) is 4.07. The van der Waals surface area contributed by atoms with Crippen LogP contribution in [-0.2, 0) is 12.7 Å². The third-order valence-electron chi connectivity index (χ3n) is 6.00. The minimum atomic E-state index is -4.70. The number of urea groups is 1. The number of anilines is 1. The number of benzene rings is 3. The van der Waals surface area contributed by atoms with E-state index in [0.717, 1.165) is 16.9 Å². The molecule has 1 aliphatic rings. The van der Waals surface area contributed by atoms with Crippen LogP contribution in [0.3, 0.4) is 0 Å². The number of para-hydroxylation sites is 2.